The average Bonchev–Trinajstić information content (AvgIpc) is 3.02. The van der Waals surface area contributed by atoms with Crippen LogP contribution in [0, 0.1) is 6.92 Å². The van der Waals surface area contributed by atoms with E-state index in [0.29, 0.717) is 6.54 Å². The first-order chi connectivity index (χ1) is 13.2. The van der Waals surface area contributed by atoms with Crippen molar-refractivity contribution in [2.45, 2.75) is 45.8 Å². The number of guanidine groups is 1. The smallest absolute Gasteiger partial charge is 0.191 e. The van der Waals surface area contributed by atoms with Crippen LogP contribution in [-0.4, -0.2) is 45.8 Å². The van der Waals surface area contributed by atoms with Crippen LogP contribution in [-0.2, 0) is 26.7 Å². The first kappa shape index (κ1) is 19.4. The summed E-state index contributed by atoms with van der Waals surface area (Å²) < 4.78 is 1.97. The van der Waals surface area contributed by atoms with Crippen LogP contribution in [0.25, 0.3) is 0 Å². The molecule has 0 radical (unpaired) electrons. The first-order valence-corrected chi connectivity index (χ1v) is 9.75. The minimum atomic E-state index is 0.589. The van der Waals surface area contributed by atoms with Crippen LogP contribution >= 0.6 is 0 Å². The predicted molar refractivity (Wildman–Crippen MR) is 108 cm³/mol. The van der Waals surface area contributed by atoms with Gasteiger partial charge in [-0.1, -0.05) is 30.7 Å². The number of aromatic nitrogens is 3. The van der Waals surface area contributed by atoms with Gasteiger partial charge in [-0.2, -0.15) is 0 Å². The number of aryl methyl sites for hydroxylation is 1. The van der Waals surface area contributed by atoms with E-state index in [9.17, 15) is 0 Å². The third-order valence-electron chi connectivity index (χ3n) is 5.16. The van der Waals surface area contributed by atoms with Crippen molar-refractivity contribution in [3.05, 3.63) is 47.0 Å². The van der Waals surface area contributed by atoms with E-state index in [2.05, 4.69) is 55.0 Å². The van der Waals surface area contributed by atoms with Gasteiger partial charge in [-0.15, -0.1) is 10.2 Å². The molecule has 0 atom stereocenters. The molecule has 1 aliphatic heterocycles. The number of aliphatic imine (C=N–C) groups is 1. The van der Waals surface area contributed by atoms with E-state index >= 15 is 0 Å². The lowest BCUT2D eigenvalue weighted by molar-refractivity contribution is 0.221. The van der Waals surface area contributed by atoms with Crippen LogP contribution in [0.15, 0.2) is 29.3 Å². The monoisotopic (exact) mass is 369 g/mol. The Morgan fingerprint density at radius 2 is 1.67 bits per heavy atom. The van der Waals surface area contributed by atoms with Crippen molar-refractivity contribution in [1.82, 2.24) is 30.3 Å². The summed E-state index contributed by atoms with van der Waals surface area (Å²) in [7, 11) is 3.74. The molecule has 1 aromatic heterocycles. The standard InChI is InChI=1S/C20H31N7/c1-16-24-25-19(26(16)3)14-23-20(21-2)22-13-17-7-9-18(10-8-17)15-27-11-5-4-6-12-27/h7-10H,4-6,11-15H2,1-3H3,(H2,21,22,23). The van der Waals surface area contributed by atoms with Crippen molar-refractivity contribution in [1.29, 1.82) is 0 Å². The normalized spacial score (nSPS) is 15.7. The van der Waals surface area contributed by atoms with Gasteiger partial charge in [0, 0.05) is 27.2 Å². The highest BCUT2D eigenvalue weighted by molar-refractivity contribution is 5.79. The second-order valence-corrected chi connectivity index (χ2v) is 7.16. The fraction of sp³-hybridized carbons (Fsp3) is 0.550. The number of piperidine rings is 1. The Hall–Kier alpha value is -2.41. The zero-order chi connectivity index (χ0) is 19.1. The molecule has 2 heterocycles. The maximum Gasteiger partial charge on any atom is 0.191 e. The largest absolute Gasteiger partial charge is 0.352 e. The van der Waals surface area contributed by atoms with E-state index in [1.54, 1.807) is 7.05 Å². The molecule has 7 nitrogen and oxygen atoms in total. The Bertz CT molecular complexity index is 742. The second kappa shape index (κ2) is 9.50. The van der Waals surface area contributed by atoms with Crippen molar-refractivity contribution >= 4 is 5.96 Å². The molecule has 146 valence electrons. The minimum Gasteiger partial charge on any atom is -0.352 e. The van der Waals surface area contributed by atoms with Gasteiger partial charge in [0.2, 0.25) is 0 Å². The van der Waals surface area contributed by atoms with Gasteiger partial charge in [-0.05, 0) is 44.0 Å². The highest BCUT2D eigenvalue weighted by atomic mass is 15.3. The van der Waals surface area contributed by atoms with Gasteiger partial charge >= 0.3 is 0 Å². The number of rotatable bonds is 6. The second-order valence-electron chi connectivity index (χ2n) is 7.16. The zero-order valence-electron chi connectivity index (χ0n) is 16.7. The molecule has 2 N–H and O–H groups in total. The number of nitrogens with zero attached hydrogens (tertiary/aromatic N) is 5. The van der Waals surface area contributed by atoms with E-state index in [1.165, 1.54) is 43.5 Å². The topological polar surface area (TPSA) is 70.4 Å². The van der Waals surface area contributed by atoms with Gasteiger partial charge < -0.3 is 15.2 Å². The summed E-state index contributed by atoms with van der Waals surface area (Å²) in [6.45, 7) is 6.80. The third kappa shape index (κ3) is 5.53. The summed E-state index contributed by atoms with van der Waals surface area (Å²) in [5, 5.41) is 14.9. The quantitative estimate of drug-likeness (QED) is 0.602. The molecule has 27 heavy (non-hydrogen) atoms. The fourth-order valence-electron chi connectivity index (χ4n) is 3.31. The number of nitrogens with one attached hydrogen (secondary N) is 2. The van der Waals surface area contributed by atoms with Crippen LogP contribution < -0.4 is 10.6 Å². The Kier molecular flexibility index (Phi) is 6.81. The molecule has 0 bridgehead atoms. The van der Waals surface area contributed by atoms with E-state index in [4.69, 9.17) is 0 Å². The van der Waals surface area contributed by atoms with E-state index < -0.39 is 0 Å². The van der Waals surface area contributed by atoms with Crippen LogP contribution in [0.3, 0.4) is 0 Å². The van der Waals surface area contributed by atoms with Gasteiger partial charge in [0.1, 0.15) is 5.82 Å². The molecule has 0 unspecified atom stereocenters. The Balaban J connectivity index is 1.45. The number of likely N-dealkylation sites (tertiary alicyclic amines) is 1. The van der Waals surface area contributed by atoms with Crippen molar-refractivity contribution in [3.63, 3.8) is 0 Å². The van der Waals surface area contributed by atoms with E-state index in [-0.39, 0.29) is 0 Å². The Morgan fingerprint density at radius 3 is 2.30 bits per heavy atom. The molecule has 0 aliphatic carbocycles. The van der Waals surface area contributed by atoms with Gasteiger partial charge in [0.05, 0.1) is 6.54 Å². The summed E-state index contributed by atoms with van der Waals surface area (Å²) in [5.41, 5.74) is 2.63. The summed E-state index contributed by atoms with van der Waals surface area (Å²) in [5.74, 6) is 2.55. The van der Waals surface area contributed by atoms with Crippen molar-refractivity contribution in [3.8, 4) is 0 Å². The molecule has 0 saturated carbocycles. The molecule has 7 heteroatoms. The van der Waals surface area contributed by atoms with Gasteiger partial charge in [-0.25, -0.2) is 0 Å². The highest BCUT2D eigenvalue weighted by Crippen LogP contribution is 2.13. The molecule has 0 amide bonds. The zero-order valence-corrected chi connectivity index (χ0v) is 16.7. The van der Waals surface area contributed by atoms with E-state index in [1.807, 2.05) is 18.5 Å². The van der Waals surface area contributed by atoms with Crippen molar-refractivity contribution in [2.75, 3.05) is 20.1 Å². The van der Waals surface area contributed by atoms with Crippen LogP contribution in [0.1, 0.15) is 42.0 Å². The van der Waals surface area contributed by atoms with E-state index in [0.717, 1.165) is 30.7 Å². The van der Waals surface area contributed by atoms with Crippen LogP contribution in [0.5, 0.6) is 0 Å². The molecular formula is C20H31N7. The summed E-state index contributed by atoms with van der Waals surface area (Å²) in [4.78, 5) is 6.83. The Labute approximate surface area is 161 Å². The van der Waals surface area contributed by atoms with Gasteiger partial charge in [0.25, 0.3) is 0 Å². The lowest BCUT2D eigenvalue weighted by atomic mass is 10.1. The molecule has 0 spiro atoms. The third-order valence-corrected chi connectivity index (χ3v) is 5.16. The predicted octanol–water partition coefficient (Wildman–Crippen LogP) is 1.97. The van der Waals surface area contributed by atoms with Crippen LogP contribution in [0.2, 0.25) is 0 Å². The first-order valence-electron chi connectivity index (χ1n) is 9.75. The molecule has 1 fully saturated rings. The molecule has 1 aromatic carbocycles. The van der Waals surface area contributed by atoms with Crippen LogP contribution in [0.4, 0.5) is 0 Å². The molecule has 2 aromatic rings. The lowest BCUT2D eigenvalue weighted by Crippen LogP contribution is -2.36. The average molecular weight is 370 g/mol. The number of hydrogen-bond acceptors (Lipinski definition) is 4. The number of hydrogen-bond donors (Lipinski definition) is 2. The van der Waals surface area contributed by atoms with Gasteiger partial charge in [-0.3, -0.25) is 9.89 Å². The Morgan fingerprint density at radius 1 is 1.00 bits per heavy atom. The molecule has 1 saturated heterocycles. The maximum absolute atomic E-state index is 4.28. The van der Waals surface area contributed by atoms with Crippen molar-refractivity contribution in [2.24, 2.45) is 12.0 Å². The summed E-state index contributed by atoms with van der Waals surface area (Å²) >= 11 is 0. The summed E-state index contributed by atoms with van der Waals surface area (Å²) in [6, 6.07) is 8.88. The van der Waals surface area contributed by atoms with Gasteiger partial charge in [0.15, 0.2) is 11.8 Å². The maximum atomic E-state index is 4.28. The number of benzene rings is 1. The molecule has 3 rings (SSSR count). The minimum absolute atomic E-state index is 0.589. The molecular weight excluding hydrogens is 338 g/mol. The fourth-order valence-corrected chi connectivity index (χ4v) is 3.31. The SMILES string of the molecule is CN=C(NCc1ccc(CN2CCCCC2)cc1)NCc1nnc(C)n1C. The highest BCUT2D eigenvalue weighted by Gasteiger charge is 2.10. The lowest BCUT2D eigenvalue weighted by Gasteiger charge is -2.26. The van der Waals surface area contributed by atoms with Crippen molar-refractivity contribution < 1.29 is 0 Å². The summed E-state index contributed by atoms with van der Waals surface area (Å²) in [6.07, 6.45) is 4.05. The molecule has 1 aliphatic rings.